The molecule has 1 aromatic rings. The maximum Gasteiger partial charge on any atom is 0.319 e. The van der Waals surface area contributed by atoms with Gasteiger partial charge in [0, 0.05) is 26.2 Å². The third-order valence-corrected chi connectivity index (χ3v) is 5.49. The van der Waals surface area contributed by atoms with Crippen molar-refractivity contribution >= 4 is 17.6 Å². The first-order chi connectivity index (χ1) is 14.0. The summed E-state index contributed by atoms with van der Waals surface area (Å²) in [5.41, 5.74) is 0.0814. The number of nitrogens with zero attached hydrogens (tertiary/aromatic N) is 2. The van der Waals surface area contributed by atoms with E-state index < -0.39 is 24.0 Å². The molecule has 160 valence electrons. The third-order valence-electron chi connectivity index (χ3n) is 5.49. The number of anilines is 1. The Hall–Kier alpha value is -2.23. The largest absolute Gasteiger partial charge is 0.394 e. The summed E-state index contributed by atoms with van der Waals surface area (Å²) in [6, 6.07) is 4.92. The lowest BCUT2D eigenvalue weighted by molar-refractivity contribution is -0.141. The Kier molecular flexibility index (Phi) is 7.40. The zero-order valence-electron chi connectivity index (χ0n) is 16.6. The first-order valence-corrected chi connectivity index (χ1v) is 10.0. The number of likely N-dealkylation sites (N-methyl/N-ethyl adjacent to an activating group) is 1. The van der Waals surface area contributed by atoms with Crippen molar-refractivity contribution in [3.8, 4) is 0 Å². The molecule has 3 N–H and O–H groups in total. The van der Waals surface area contributed by atoms with Crippen LogP contribution in [-0.2, 0) is 9.53 Å². The number of amides is 3. The molecule has 2 heterocycles. The number of nitrogens with one attached hydrogen (secondary N) is 2. The Labute approximate surface area is 170 Å². The van der Waals surface area contributed by atoms with Gasteiger partial charge in [-0.05, 0) is 32.0 Å². The number of para-hydroxylation sites is 1. The summed E-state index contributed by atoms with van der Waals surface area (Å²) in [7, 11) is 2.04. The van der Waals surface area contributed by atoms with Crippen LogP contribution in [0.2, 0.25) is 0 Å². The number of piperazine rings is 1. The Bertz CT molecular complexity index is 711. The van der Waals surface area contributed by atoms with E-state index in [0.717, 1.165) is 13.1 Å². The number of aliphatic hydroxyl groups is 1. The number of benzene rings is 1. The highest BCUT2D eigenvalue weighted by Crippen LogP contribution is 2.23. The molecule has 3 rings (SSSR count). The third kappa shape index (κ3) is 5.88. The molecule has 2 fully saturated rings. The van der Waals surface area contributed by atoms with Gasteiger partial charge in [-0.25, -0.2) is 9.18 Å². The van der Waals surface area contributed by atoms with Crippen LogP contribution in [0.15, 0.2) is 24.3 Å². The van der Waals surface area contributed by atoms with Gasteiger partial charge in [0.1, 0.15) is 11.9 Å². The molecule has 0 spiro atoms. The molecule has 8 nitrogen and oxygen atoms in total. The maximum atomic E-state index is 13.7. The van der Waals surface area contributed by atoms with Crippen LogP contribution < -0.4 is 10.6 Å². The first kappa shape index (κ1) is 21.5. The van der Waals surface area contributed by atoms with Crippen LogP contribution in [0.5, 0.6) is 0 Å². The van der Waals surface area contributed by atoms with Gasteiger partial charge < -0.3 is 30.3 Å². The van der Waals surface area contributed by atoms with Crippen molar-refractivity contribution in [3.05, 3.63) is 30.1 Å². The summed E-state index contributed by atoms with van der Waals surface area (Å²) in [6.07, 6.45) is 0.540. The minimum atomic E-state index is -0.611. The minimum absolute atomic E-state index is 0.0588. The monoisotopic (exact) mass is 408 g/mol. The molecule has 3 atom stereocenters. The van der Waals surface area contributed by atoms with E-state index >= 15 is 0 Å². The predicted molar refractivity (Wildman–Crippen MR) is 106 cm³/mol. The molecule has 0 saturated carbocycles. The number of halogens is 1. The highest BCUT2D eigenvalue weighted by Gasteiger charge is 2.34. The molecule has 9 heteroatoms. The van der Waals surface area contributed by atoms with E-state index in [1.165, 1.54) is 12.1 Å². The van der Waals surface area contributed by atoms with Crippen LogP contribution in [0.25, 0.3) is 0 Å². The van der Waals surface area contributed by atoms with Crippen LogP contribution in [0, 0.1) is 5.82 Å². The Morgan fingerprint density at radius 2 is 1.93 bits per heavy atom. The van der Waals surface area contributed by atoms with Gasteiger partial charge in [-0.15, -0.1) is 0 Å². The molecular weight excluding hydrogens is 379 g/mol. The molecule has 0 aliphatic carbocycles. The van der Waals surface area contributed by atoms with Crippen molar-refractivity contribution in [2.75, 3.05) is 45.2 Å². The number of rotatable bonds is 5. The molecule has 0 bridgehead atoms. The zero-order chi connectivity index (χ0) is 20.8. The summed E-state index contributed by atoms with van der Waals surface area (Å²) in [6.45, 7) is 2.88. The van der Waals surface area contributed by atoms with Gasteiger partial charge >= 0.3 is 6.03 Å². The van der Waals surface area contributed by atoms with E-state index in [9.17, 15) is 19.1 Å². The highest BCUT2D eigenvalue weighted by atomic mass is 19.1. The molecule has 2 aliphatic heterocycles. The van der Waals surface area contributed by atoms with Gasteiger partial charge in [0.2, 0.25) is 5.91 Å². The molecule has 3 amide bonds. The van der Waals surface area contributed by atoms with Gasteiger partial charge in [-0.3, -0.25) is 4.79 Å². The summed E-state index contributed by atoms with van der Waals surface area (Å²) >= 11 is 0. The summed E-state index contributed by atoms with van der Waals surface area (Å²) in [5.74, 6) is -0.466. The molecule has 2 aliphatic rings. The molecule has 1 aromatic carbocycles. The molecule has 0 unspecified atom stereocenters. The van der Waals surface area contributed by atoms with Gasteiger partial charge in [-0.1, -0.05) is 12.1 Å². The van der Waals surface area contributed by atoms with E-state index in [-0.39, 0.29) is 30.7 Å². The van der Waals surface area contributed by atoms with Crippen LogP contribution in [0.1, 0.15) is 19.3 Å². The number of hydrogen-bond donors (Lipinski definition) is 3. The van der Waals surface area contributed by atoms with Crippen LogP contribution in [0.4, 0.5) is 14.9 Å². The Balaban J connectivity index is 1.48. The van der Waals surface area contributed by atoms with Crippen molar-refractivity contribution in [1.29, 1.82) is 0 Å². The minimum Gasteiger partial charge on any atom is -0.394 e. The van der Waals surface area contributed by atoms with E-state index in [0.29, 0.717) is 25.9 Å². The van der Waals surface area contributed by atoms with Gasteiger partial charge in [-0.2, -0.15) is 0 Å². The van der Waals surface area contributed by atoms with E-state index in [1.807, 2.05) is 11.9 Å². The number of carbonyl (C=O) groups is 2. The lowest BCUT2D eigenvalue weighted by Gasteiger charge is -2.37. The first-order valence-electron chi connectivity index (χ1n) is 10.0. The Morgan fingerprint density at radius 3 is 2.62 bits per heavy atom. The van der Waals surface area contributed by atoms with Gasteiger partial charge in [0.25, 0.3) is 0 Å². The highest BCUT2D eigenvalue weighted by molar-refractivity contribution is 5.89. The van der Waals surface area contributed by atoms with Crippen LogP contribution in [-0.4, -0.2) is 84.9 Å². The predicted octanol–water partition coefficient (Wildman–Crippen LogP) is 1.02. The second kappa shape index (κ2) is 10.00. The van der Waals surface area contributed by atoms with E-state index in [4.69, 9.17) is 4.74 Å². The quantitative estimate of drug-likeness (QED) is 0.676. The zero-order valence-corrected chi connectivity index (χ0v) is 16.6. The van der Waals surface area contributed by atoms with E-state index in [2.05, 4.69) is 15.5 Å². The SMILES string of the molecule is CN1CCN(C(=O)C[C@@H]2CC[C@@H](NC(=O)Nc3ccccc3F)[C@H](CO)O2)CC1. The Morgan fingerprint density at radius 1 is 1.21 bits per heavy atom. The summed E-state index contributed by atoms with van der Waals surface area (Å²) in [5, 5.41) is 14.9. The maximum absolute atomic E-state index is 13.7. The van der Waals surface area contributed by atoms with Crippen molar-refractivity contribution in [1.82, 2.24) is 15.1 Å². The number of urea groups is 1. The van der Waals surface area contributed by atoms with Gasteiger partial charge in [0.15, 0.2) is 0 Å². The van der Waals surface area contributed by atoms with Crippen molar-refractivity contribution in [3.63, 3.8) is 0 Å². The topological polar surface area (TPSA) is 94.1 Å². The van der Waals surface area contributed by atoms with Crippen molar-refractivity contribution < 1.29 is 23.8 Å². The van der Waals surface area contributed by atoms with Gasteiger partial charge in [0.05, 0.1) is 30.9 Å². The second-order valence-electron chi connectivity index (χ2n) is 7.63. The van der Waals surface area contributed by atoms with Crippen LogP contribution in [0.3, 0.4) is 0 Å². The van der Waals surface area contributed by atoms with Crippen molar-refractivity contribution in [2.45, 2.75) is 37.5 Å². The average molecular weight is 408 g/mol. The number of aliphatic hydroxyl groups excluding tert-OH is 1. The molecule has 2 saturated heterocycles. The number of carbonyl (C=O) groups excluding carboxylic acids is 2. The van der Waals surface area contributed by atoms with E-state index in [1.54, 1.807) is 12.1 Å². The molecule has 0 aromatic heterocycles. The molecule has 29 heavy (non-hydrogen) atoms. The average Bonchev–Trinajstić information content (AvgIpc) is 2.71. The summed E-state index contributed by atoms with van der Waals surface area (Å²) in [4.78, 5) is 28.7. The normalized spacial score (nSPS) is 25.5. The standard InChI is InChI=1S/C20H29FN4O4/c1-24-8-10-25(11-9-24)19(27)12-14-6-7-17(18(13-26)29-14)23-20(28)22-16-5-3-2-4-15(16)21/h2-5,14,17-18,26H,6-13H2,1H3,(H2,22,23,28)/t14-,17+,18-/m0/s1. The fourth-order valence-corrected chi connectivity index (χ4v) is 3.72. The second-order valence-corrected chi connectivity index (χ2v) is 7.63. The summed E-state index contributed by atoms with van der Waals surface area (Å²) < 4.78 is 19.6. The van der Waals surface area contributed by atoms with Crippen LogP contribution >= 0.6 is 0 Å². The molecule has 0 radical (unpaired) electrons. The lowest BCUT2D eigenvalue weighted by atomic mass is 9.97. The van der Waals surface area contributed by atoms with Crippen molar-refractivity contribution in [2.24, 2.45) is 0 Å². The fourth-order valence-electron chi connectivity index (χ4n) is 3.72. The fraction of sp³-hybridized carbons (Fsp3) is 0.600. The number of ether oxygens (including phenoxy) is 1. The molecular formula is C20H29FN4O4. The smallest absolute Gasteiger partial charge is 0.319 e. The number of hydrogen-bond acceptors (Lipinski definition) is 5. The lowest BCUT2D eigenvalue weighted by Crippen LogP contribution is -2.53.